The number of carbonyl (C=O) groups excluding carboxylic acids is 3. The molecule has 0 radical (unpaired) electrons. The molecule has 0 saturated carbocycles. The maximum atomic E-state index is 11.5. The summed E-state index contributed by atoms with van der Waals surface area (Å²) in [6, 6.07) is 9.14. The Hall–Kier alpha value is -2.61. The van der Waals surface area contributed by atoms with Crippen LogP contribution in [0.4, 0.5) is 4.79 Å². The van der Waals surface area contributed by atoms with Crippen LogP contribution >= 0.6 is 0 Å². The van der Waals surface area contributed by atoms with Gasteiger partial charge in [0, 0.05) is 0 Å². The number of esters is 1. The van der Waals surface area contributed by atoms with Gasteiger partial charge in [0.05, 0.1) is 13.1 Å². The van der Waals surface area contributed by atoms with Crippen LogP contribution in [0.2, 0.25) is 0 Å². The molecule has 8 nitrogen and oxygen atoms in total. The Labute approximate surface area is 140 Å². The number of rotatable bonds is 6. The van der Waals surface area contributed by atoms with Crippen molar-refractivity contribution in [2.45, 2.75) is 33.0 Å². The summed E-state index contributed by atoms with van der Waals surface area (Å²) in [5, 5.41) is 2.61. The summed E-state index contributed by atoms with van der Waals surface area (Å²) in [6.07, 6.45) is -0.778. The molecule has 0 atom stereocenters. The highest BCUT2D eigenvalue weighted by Gasteiger charge is 2.16. The zero-order valence-corrected chi connectivity index (χ0v) is 14.0. The van der Waals surface area contributed by atoms with Crippen molar-refractivity contribution in [2.24, 2.45) is 0 Å². The summed E-state index contributed by atoms with van der Waals surface area (Å²) < 4.78 is 9.99. The second kappa shape index (κ2) is 9.51. The van der Waals surface area contributed by atoms with E-state index in [-0.39, 0.29) is 19.7 Å². The van der Waals surface area contributed by atoms with Crippen LogP contribution in [-0.2, 0) is 25.7 Å². The first-order valence-electron chi connectivity index (χ1n) is 7.44. The minimum Gasteiger partial charge on any atom is -0.459 e. The third-order valence-electron chi connectivity index (χ3n) is 2.49. The molecular formula is C16H23N3O5. The molecule has 0 heterocycles. The fourth-order valence-corrected chi connectivity index (χ4v) is 1.58. The van der Waals surface area contributed by atoms with Crippen molar-refractivity contribution < 1.29 is 23.9 Å². The number of amides is 2. The van der Waals surface area contributed by atoms with E-state index in [1.54, 1.807) is 20.8 Å². The van der Waals surface area contributed by atoms with Gasteiger partial charge in [-0.15, -0.1) is 0 Å². The van der Waals surface area contributed by atoms with E-state index in [9.17, 15) is 14.4 Å². The highest BCUT2D eigenvalue weighted by molar-refractivity contribution is 5.81. The van der Waals surface area contributed by atoms with E-state index in [1.165, 1.54) is 0 Å². The average molecular weight is 337 g/mol. The molecule has 0 aliphatic rings. The Balaban J connectivity index is 2.12. The van der Waals surface area contributed by atoms with Crippen molar-refractivity contribution in [3.8, 4) is 0 Å². The molecule has 0 aliphatic carbocycles. The molecule has 0 spiro atoms. The van der Waals surface area contributed by atoms with Crippen LogP contribution in [0.1, 0.15) is 26.3 Å². The highest BCUT2D eigenvalue weighted by Crippen LogP contribution is 2.06. The molecule has 1 rings (SSSR count). The molecule has 1 aromatic rings. The first kappa shape index (κ1) is 19.4. The van der Waals surface area contributed by atoms with Gasteiger partial charge in [0.15, 0.2) is 0 Å². The van der Waals surface area contributed by atoms with Gasteiger partial charge in [0.2, 0.25) is 0 Å². The van der Waals surface area contributed by atoms with Gasteiger partial charge in [-0.25, -0.2) is 10.2 Å². The van der Waals surface area contributed by atoms with Crippen LogP contribution in [0, 0.1) is 0 Å². The maximum Gasteiger partial charge on any atom is 0.426 e. The minimum absolute atomic E-state index is 0.0967. The predicted octanol–water partition coefficient (Wildman–Crippen LogP) is 0.875. The van der Waals surface area contributed by atoms with E-state index in [0.29, 0.717) is 0 Å². The zero-order chi connectivity index (χ0) is 18.0. The van der Waals surface area contributed by atoms with E-state index in [0.717, 1.165) is 5.56 Å². The molecule has 1 aromatic carbocycles. The van der Waals surface area contributed by atoms with E-state index in [1.807, 2.05) is 30.3 Å². The summed E-state index contributed by atoms with van der Waals surface area (Å²) in [6.45, 7) is 5.09. The number of hydrogen-bond acceptors (Lipinski definition) is 6. The third kappa shape index (κ3) is 9.42. The molecule has 0 aliphatic heterocycles. The van der Waals surface area contributed by atoms with Crippen LogP contribution < -0.4 is 16.2 Å². The van der Waals surface area contributed by atoms with Gasteiger partial charge in [-0.2, -0.15) is 0 Å². The molecule has 0 bridgehead atoms. The minimum atomic E-state index is -0.778. The summed E-state index contributed by atoms with van der Waals surface area (Å²) in [4.78, 5) is 34.3. The van der Waals surface area contributed by atoms with Crippen LogP contribution in [0.25, 0.3) is 0 Å². The Morgan fingerprint density at radius 1 is 1.00 bits per heavy atom. The van der Waals surface area contributed by atoms with E-state index in [4.69, 9.17) is 9.47 Å². The van der Waals surface area contributed by atoms with E-state index in [2.05, 4.69) is 16.2 Å². The Bertz CT molecular complexity index is 555. The number of carbonyl (C=O) groups is 3. The van der Waals surface area contributed by atoms with E-state index < -0.39 is 23.6 Å². The van der Waals surface area contributed by atoms with Crippen LogP contribution in [0.5, 0.6) is 0 Å². The Kier molecular flexibility index (Phi) is 7.70. The second-order valence-corrected chi connectivity index (χ2v) is 5.92. The molecule has 3 N–H and O–H groups in total. The molecule has 0 fully saturated rings. The number of nitrogens with one attached hydrogen (secondary N) is 3. The fraction of sp³-hybridized carbons (Fsp3) is 0.438. The topological polar surface area (TPSA) is 106 Å². The lowest BCUT2D eigenvalue weighted by atomic mass is 10.2. The molecule has 132 valence electrons. The molecule has 2 amide bonds. The largest absolute Gasteiger partial charge is 0.459 e. The van der Waals surface area contributed by atoms with Gasteiger partial charge >= 0.3 is 12.1 Å². The average Bonchev–Trinajstić information content (AvgIpc) is 2.50. The molecule has 0 unspecified atom stereocenters. The maximum absolute atomic E-state index is 11.5. The zero-order valence-electron chi connectivity index (χ0n) is 14.0. The van der Waals surface area contributed by atoms with Crippen molar-refractivity contribution in [3.63, 3.8) is 0 Å². The number of hydrazine groups is 1. The summed E-state index contributed by atoms with van der Waals surface area (Å²) >= 11 is 0. The van der Waals surface area contributed by atoms with Crippen molar-refractivity contribution >= 4 is 18.0 Å². The molecule has 24 heavy (non-hydrogen) atoms. The summed E-state index contributed by atoms with van der Waals surface area (Å²) in [5.74, 6) is -0.985. The smallest absolute Gasteiger partial charge is 0.426 e. The van der Waals surface area contributed by atoms with Gasteiger partial charge in [0.25, 0.3) is 5.91 Å². The third-order valence-corrected chi connectivity index (χ3v) is 2.49. The van der Waals surface area contributed by atoms with Gasteiger partial charge in [-0.1, -0.05) is 30.3 Å². The van der Waals surface area contributed by atoms with Crippen molar-refractivity contribution in [1.29, 1.82) is 0 Å². The Morgan fingerprint density at radius 2 is 1.67 bits per heavy atom. The normalized spacial score (nSPS) is 10.6. The van der Waals surface area contributed by atoms with Gasteiger partial charge in [-0.05, 0) is 26.3 Å². The lowest BCUT2D eigenvalue weighted by molar-refractivity contribution is -0.153. The Morgan fingerprint density at radius 3 is 2.29 bits per heavy atom. The summed E-state index contributed by atoms with van der Waals surface area (Å²) in [7, 11) is 0. The van der Waals surface area contributed by atoms with Crippen LogP contribution in [0.3, 0.4) is 0 Å². The first-order chi connectivity index (χ1) is 11.3. The lowest BCUT2D eigenvalue weighted by Gasteiger charge is -2.19. The fourth-order valence-electron chi connectivity index (χ4n) is 1.58. The molecule has 0 saturated heterocycles. The molecule has 8 heteroatoms. The quantitative estimate of drug-likeness (QED) is 0.525. The molecule has 0 aromatic heterocycles. The SMILES string of the molecule is CC(C)(C)OC(=O)CNCC(=O)NNC(=O)OCc1ccccc1. The highest BCUT2D eigenvalue weighted by atomic mass is 16.6. The summed E-state index contributed by atoms with van der Waals surface area (Å²) in [5.41, 5.74) is 4.53. The van der Waals surface area contributed by atoms with Crippen LogP contribution in [-0.4, -0.2) is 36.7 Å². The van der Waals surface area contributed by atoms with E-state index >= 15 is 0 Å². The number of ether oxygens (including phenoxy) is 2. The first-order valence-corrected chi connectivity index (χ1v) is 7.44. The lowest BCUT2D eigenvalue weighted by Crippen LogP contribution is -2.46. The van der Waals surface area contributed by atoms with Crippen molar-refractivity contribution in [1.82, 2.24) is 16.2 Å². The number of benzene rings is 1. The van der Waals surface area contributed by atoms with Gasteiger partial charge in [0.1, 0.15) is 12.2 Å². The molecular weight excluding hydrogens is 314 g/mol. The van der Waals surface area contributed by atoms with Crippen molar-refractivity contribution in [3.05, 3.63) is 35.9 Å². The number of hydrogen-bond donors (Lipinski definition) is 3. The predicted molar refractivity (Wildman–Crippen MR) is 86.6 cm³/mol. The van der Waals surface area contributed by atoms with Gasteiger partial charge < -0.3 is 9.47 Å². The monoisotopic (exact) mass is 337 g/mol. The van der Waals surface area contributed by atoms with Crippen LogP contribution in [0.15, 0.2) is 30.3 Å². The second-order valence-electron chi connectivity index (χ2n) is 5.92. The van der Waals surface area contributed by atoms with Gasteiger partial charge in [-0.3, -0.25) is 20.3 Å². The van der Waals surface area contributed by atoms with Crippen molar-refractivity contribution in [2.75, 3.05) is 13.1 Å². The standard InChI is InChI=1S/C16H23N3O5/c1-16(2,3)24-14(21)10-17-9-13(20)18-19-15(22)23-11-12-7-5-4-6-8-12/h4-8,17H,9-11H2,1-3H3,(H,18,20)(H,19,22).